The van der Waals surface area contributed by atoms with E-state index in [1.807, 2.05) is 0 Å². The van der Waals surface area contributed by atoms with E-state index in [9.17, 15) is 4.79 Å². The molecule has 0 radical (unpaired) electrons. The minimum atomic E-state index is 0.0950. The Morgan fingerprint density at radius 2 is 1.70 bits per heavy atom. The molecule has 4 heteroatoms. The molecule has 3 rings (SSSR count). The lowest BCUT2D eigenvalue weighted by Crippen LogP contribution is -2.47. The average Bonchev–Trinajstić information content (AvgIpc) is 2.83. The summed E-state index contributed by atoms with van der Waals surface area (Å²) in [5.41, 5.74) is 0. The van der Waals surface area contributed by atoms with Crippen molar-refractivity contribution in [3.63, 3.8) is 0 Å². The van der Waals surface area contributed by atoms with E-state index in [1.165, 1.54) is 58.0 Å². The fourth-order valence-electron chi connectivity index (χ4n) is 3.98. The summed E-state index contributed by atoms with van der Waals surface area (Å²) in [7, 11) is 0. The highest BCUT2D eigenvalue weighted by molar-refractivity contribution is 5.82. The van der Waals surface area contributed by atoms with Crippen LogP contribution in [0.1, 0.15) is 51.4 Å². The molecule has 2 atom stereocenters. The van der Waals surface area contributed by atoms with Crippen molar-refractivity contribution in [1.82, 2.24) is 15.1 Å². The number of rotatable bonds is 2. The number of amides is 1. The molecule has 3 heterocycles. The predicted molar refractivity (Wildman–Crippen MR) is 80.7 cm³/mol. The lowest BCUT2D eigenvalue weighted by Gasteiger charge is -2.32. The number of piperidine rings is 1. The van der Waals surface area contributed by atoms with E-state index >= 15 is 0 Å². The van der Waals surface area contributed by atoms with Gasteiger partial charge in [-0.3, -0.25) is 9.69 Å². The Bertz CT molecular complexity index is 320. The highest BCUT2D eigenvalue weighted by atomic mass is 16.2. The van der Waals surface area contributed by atoms with Crippen molar-refractivity contribution < 1.29 is 4.79 Å². The van der Waals surface area contributed by atoms with Gasteiger partial charge in [-0.25, -0.2) is 0 Å². The first-order chi connectivity index (χ1) is 9.84. The van der Waals surface area contributed by atoms with Gasteiger partial charge in [-0.05, 0) is 51.7 Å². The summed E-state index contributed by atoms with van der Waals surface area (Å²) in [4.78, 5) is 17.4. The van der Waals surface area contributed by atoms with Gasteiger partial charge in [0.15, 0.2) is 0 Å². The summed E-state index contributed by atoms with van der Waals surface area (Å²) in [6.07, 6.45) is 9.98. The number of hydrogen-bond acceptors (Lipinski definition) is 3. The van der Waals surface area contributed by atoms with Crippen molar-refractivity contribution in [2.45, 2.75) is 63.5 Å². The zero-order chi connectivity index (χ0) is 13.8. The van der Waals surface area contributed by atoms with Gasteiger partial charge in [0, 0.05) is 19.1 Å². The molecule has 3 aliphatic heterocycles. The number of nitrogens with one attached hydrogen (secondary N) is 1. The molecule has 4 nitrogen and oxygen atoms in total. The molecule has 0 bridgehead atoms. The molecule has 3 saturated heterocycles. The maximum absolute atomic E-state index is 12.6. The van der Waals surface area contributed by atoms with Gasteiger partial charge in [-0.2, -0.15) is 0 Å². The number of carbonyl (C=O) groups excluding carboxylic acids is 1. The minimum Gasteiger partial charge on any atom is -0.340 e. The van der Waals surface area contributed by atoms with E-state index in [4.69, 9.17) is 0 Å². The summed E-state index contributed by atoms with van der Waals surface area (Å²) in [6.45, 7) is 5.44. The van der Waals surface area contributed by atoms with Crippen molar-refractivity contribution in [2.75, 3.05) is 32.7 Å². The normalized spacial score (nSPS) is 33.1. The minimum absolute atomic E-state index is 0.0950. The number of carbonyl (C=O) groups is 1. The molecular formula is C16H29N3O. The van der Waals surface area contributed by atoms with Crippen LogP contribution in [0.5, 0.6) is 0 Å². The van der Waals surface area contributed by atoms with Crippen LogP contribution in [0.15, 0.2) is 0 Å². The smallest absolute Gasteiger partial charge is 0.239 e. The van der Waals surface area contributed by atoms with E-state index in [1.54, 1.807) is 0 Å². The number of nitrogens with zero attached hydrogens (tertiary/aromatic N) is 2. The van der Waals surface area contributed by atoms with E-state index in [0.29, 0.717) is 11.9 Å². The molecule has 1 amide bonds. The second kappa shape index (κ2) is 6.90. The first-order valence-electron chi connectivity index (χ1n) is 8.61. The van der Waals surface area contributed by atoms with Crippen molar-refractivity contribution in [3.05, 3.63) is 0 Å². The Kier molecular flexibility index (Phi) is 4.94. The zero-order valence-corrected chi connectivity index (χ0v) is 12.6. The maximum Gasteiger partial charge on any atom is 0.239 e. The third-order valence-corrected chi connectivity index (χ3v) is 5.24. The summed E-state index contributed by atoms with van der Waals surface area (Å²) < 4.78 is 0. The molecule has 3 fully saturated rings. The topological polar surface area (TPSA) is 35.6 Å². The second-order valence-corrected chi connectivity index (χ2v) is 6.68. The van der Waals surface area contributed by atoms with Crippen LogP contribution in [0.25, 0.3) is 0 Å². The summed E-state index contributed by atoms with van der Waals surface area (Å²) in [6, 6.07) is 0.725. The molecule has 2 unspecified atom stereocenters. The molecule has 3 aliphatic rings. The first-order valence-corrected chi connectivity index (χ1v) is 8.61. The summed E-state index contributed by atoms with van der Waals surface area (Å²) in [5, 5.41) is 3.45. The SMILES string of the molecule is O=C(C1CCCCCN1)N1CCC(N2CCCCC2)C1. The van der Waals surface area contributed by atoms with Gasteiger partial charge < -0.3 is 10.2 Å². The van der Waals surface area contributed by atoms with Gasteiger partial charge in [0.25, 0.3) is 0 Å². The molecule has 114 valence electrons. The maximum atomic E-state index is 12.6. The largest absolute Gasteiger partial charge is 0.340 e. The van der Waals surface area contributed by atoms with Crippen LogP contribution in [0, 0.1) is 0 Å². The Morgan fingerprint density at radius 3 is 2.55 bits per heavy atom. The molecule has 0 aliphatic carbocycles. The van der Waals surface area contributed by atoms with Crippen LogP contribution >= 0.6 is 0 Å². The van der Waals surface area contributed by atoms with Gasteiger partial charge in [-0.1, -0.05) is 19.3 Å². The first kappa shape index (κ1) is 14.3. The van der Waals surface area contributed by atoms with Crippen LogP contribution in [-0.2, 0) is 4.79 Å². The van der Waals surface area contributed by atoms with Crippen molar-refractivity contribution in [1.29, 1.82) is 0 Å². The van der Waals surface area contributed by atoms with E-state index in [2.05, 4.69) is 15.1 Å². The molecule has 0 aromatic carbocycles. The quantitative estimate of drug-likeness (QED) is 0.834. The Balaban J connectivity index is 1.51. The molecule has 20 heavy (non-hydrogen) atoms. The molecule has 0 saturated carbocycles. The molecule has 0 spiro atoms. The van der Waals surface area contributed by atoms with Gasteiger partial charge >= 0.3 is 0 Å². The number of likely N-dealkylation sites (tertiary alicyclic amines) is 2. The fraction of sp³-hybridized carbons (Fsp3) is 0.938. The van der Waals surface area contributed by atoms with Crippen LogP contribution < -0.4 is 5.32 Å². The lowest BCUT2D eigenvalue weighted by molar-refractivity contribution is -0.132. The third-order valence-electron chi connectivity index (χ3n) is 5.24. The van der Waals surface area contributed by atoms with Gasteiger partial charge in [0.05, 0.1) is 6.04 Å². The molecule has 1 N–H and O–H groups in total. The van der Waals surface area contributed by atoms with Gasteiger partial charge in [0.1, 0.15) is 0 Å². The fourth-order valence-corrected chi connectivity index (χ4v) is 3.98. The van der Waals surface area contributed by atoms with Gasteiger partial charge in [-0.15, -0.1) is 0 Å². The third kappa shape index (κ3) is 3.34. The van der Waals surface area contributed by atoms with E-state index in [0.717, 1.165) is 26.1 Å². The molecule has 0 aromatic heterocycles. The predicted octanol–water partition coefficient (Wildman–Crippen LogP) is 1.61. The van der Waals surface area contributed by atoms with Crippen molar-refractivity contribution in [3.8, 4) is 0 Å². The second-order valence-electron chi connectivity index (χ2n) is 6.68. The highest BCUT2D eigenvalue weighted by Gasteiger charge is 2.33. The lowest BCUT2D eigenvalue weighted by atomic mass is 10.1. The van der Waals surface area contributed by atoms with Gasteiger partial charge in [0.2, 0.25) is 5.91 Å². The molecular weight excluding hydrogens is 250 g/mol. The van der Waals surface area contributed by atoms with Crippen molar-refractivity contribution >= 4 is 5.91 Å². The van der Waals surface area contributed by atoms with Crippen LogP contribution in [-0.4, -0.2) is 60.5 Å². The van der Waals surface area contributed by atoms with E-state index < -0.39 is 0 Å². The standard InChI is InChI=1S/C16H29N3O/c20-16(15-7-3-1-4-9-17-15)19-12-8-14(13-19)18-10-5-2-6-11-18/h14-15,17H,1-13H2. The summed E-state index contributed by atoms with van der Waals surface area (Å²) in [5.74, 6) is 0.367. The summed E-state index contributed by atoms with van der Waals surface area (Å²) >= 11 is 0. The monoisotopic (exact) mass is 279 g/mol. The van der Waals surface area contributed by atoms with Crippen LogP contribution in [0.4, 0.5) is 0 Å². The Hall–Kier alpha value is -0.610. The highest BCUT2D eigenvalue weighted by Crippen LogP contribution is 2.21. The molecule has 0 aromatic rings. The average molecular weight is 279 g/mol. The van der Waals surface area contributed by atoms with Crippen LogP contribution in [0.3, 0.4) is 0 Å². The van der Waals surface area contributed by atoms with E-state index in [-0.39, 0.29) is 6.04 Å². The number of hydrogen-bond donors (Lipinski definition) is 1. The van der Waals surface area contributed by atoms with Crippen LogP contribution in [0.2, 0.25) is 0 Å². The Morgan fingerprint density at radius 1 is 0.900 bits per heavy atom. The van der Waals surface area contributed by atoms with Crippen molar-refractivity contribution in [2.24, 2.45) is 0 Å². The zero-order valence-electron chi connectivity index (χ0n) is 12.6. The Labute approximate surface area is 122 Å².